The predicted molar refractivity (Wildman–Crippen MR) is 76.7 cm³/mol. The summed E-state index contributed by atoms with van der Waals surface area (Å²) in [6, 6.07) is 9.78. The third kappa shape index (κ3) is 3.91. The van der Waals surface area contributed by atoms with E-state index in [0.29, 0.717) is 18.8 Å². The van der Waals surface area contributed by atoms with E-state index in [1.165, 1.54) is 6.26 Å². The number of hydrogen-bond donors (Lipinski definition) is 0. The first kappa shape index (κ1) is 15.7. The Kier molecular flexibility index (Phi) is 5.92. The van der Waals surface area contributed by atoms with E-state index in [9.17, 15) is 4.79 Å². The number of methoxy groups -OCH3 is 2. The van der Waals surface area contributed by atoms with Gasteiger partial charge in [0, 0.05) is 14.2 Å². The minimum Gasteiger partial charge on any atom is -0.492 e. The molecule has 5 heteroatoms. The largest absolute Gasteiger partial charge is 0.492 e. The Hall–Kier alpha value is -1.69. The van der Waals surface area contributed by atoms with Gasteiger partial charge in [0.1, 0.15) is 18.3 Å². The van der Waals surface area contributed by atoms with E-state index in [0.717, 1.165) is 11.8 Å². The van der Waals surface area contributed by atoms with E-state index in [1.807, 2.05) is 30.3 Å². The van der Waals surface area contributed by atoms with Gasteiger partial charge in [0.25, 0.3) is 0 Å². The molecule has 0 saturated carbocycles. The molecule has 1 aliphatic rings. The Balaban J connectivity index is 2.09. The first-order valence-corrected chi connectivity index (χ1v) is 6.78. The molecule has 0 radical (unpaired) electrons. The zero-order chi connectivity index (χ0) is 15.1. The molecule has 21 heavy (non-hydrogen) atoms. The average Bonchev–Trinajstić information content (AvgIpc) is 2.54. The van der Waals surface area contributed by atoms with Gasteiger partial charge in [-0.15, -0.1) is 0 Å². The third-order valence-corrected chi connectivity index (χ3v) is 3.38. The quantitative estimate of drug-likeness (QED) is 0.716. The number of carbonyl (C=O) groups is 1. The summed E-state index contributed by atoms with van der Waals surface area (Å²) in [5.41, 5.74) is 1.47. The number of carbonyl (C=O) groups excluding carboxylic acids is 1. The molecule has 0 bridgehead atoms. The number of benzene rings is 1. The molecule has 0 amide bonds. The summed E-state index contributed by atoms with van der Waals surface area (Å²) in [5, 5.41) is 0. The number of hydrogen-bond acceptors (Lipinski definition) is 5. The van der Waals surface area contributed by atoms with Gasteiger partial charge in [-0.3, -0.25) is 4.79 Å². The number of rotatable bonds is 7. The Labute approximate surface area is 124 Å². The van der Waals surface area contributed by atoms with Gasteiger partial charge in [-0.2, -0.15) is 0 Å². The lowest BCUT2D eigenvalue weighted by molar-refractivity contribution is -0.135. The van der Waals surface area contributed by atoms with Crippen LogP contribution in [0.2, 0.25) is 0 Å². The van der Waals surface area contributed by atoms with Crippen molar-refractivity contribution in [2.45, 2.75) is 24.9 Å². The fraction of sp³-hybridized carbons (Fsp3) is 0.438. The molecule has 0 spiro atoms. The fourth-order valence-corrected chi connectivity index (χ4v) is 2.32. The summed E-state index contributed by atoms with van der Waals surface area (Å²) >= 11 is 0. The molecule has 0 N–H and O–H groups in total. The topological polar surface area (TPSA) is 54.0 Å². The molecule has 1 heterocycles. The maximum Gasteiger partial charge on any atom is 0.151 e. The minimum atomic E-state index is -0.471. The third-order valence-electron chi connectivity index (χ3n) is 3.38. The number of ether oxygens (including phenoxy) is 4. The molecular formula is C16H20O5. The molecule has 0 aliphatic carbocycles. The van der Waals surface area contributed by atoms with Gasteiger partial charge in [0.2, 0.25) is 0 Å². The maximum atomic E-state index is 11.2. The van der Waals surface area contributed by atoms with Gasteiger partial charge in [-0.25, -0.2) is 0 Å². The molecule has 0 saturated heterocycles. The van der Waals surface area contributed by atoms with Crippen LogP contribution in [0, 0.1) is 0 Å². The molecule has 0 unspecified atom stereocenters. The lowest BCUT2D eigenvalue weighted by atomic mass is 9.99. The molecule has 1 aromatic carbocycles. The lowest BCUT2D eigenvalue weighted by Crippen LogP contribution is -2.47. The summed E-state index contributed by atoms with van der Waals surface area (Å²) in [7, 11) is 3.16. The van der Waals surface area contributed by atoms with Crippen molar-refractivity contribution >= 4 is 6.29 Å². The molecular weight excluding hydrogens is 272 g/mol. The van der Waals surface area contributed by atoms with Crippen molar-refractivity contribution in [2.24, 2.45) is 0 Å². The van der Waals surface area contributed by atoms with Crippen LogP contribution in [0.15, 0.2) is 42.2 Å². The molecule has 0 fully saturated rings. The van der Waals surface area contributed by atoms with Crippen LogP contribution in [0.25, 0.3) is 0 Å². The first-order chi connectivity index (χ1) is 10.3. The fourth-order valence-electron chi connectivity index (χ4n) is 2.32. The van der Waals surface area contributed by atoms with E-state index in [2.05, 4.69) is 0 Å². The van der Waals surface area contributed by atoms with Crippen LogP contribution in [0.1, 0.15) is 5.56 Å². The van der Waals surface area contributed by atoms with Gasteiger partial charge in [0.05, 0.1) is 25.0 Å². The lowest BCUT2D eigenvalue weighted by Gasteiger charge is -2.35. The first-order valence-electron chi connectivity index (χ1n) is 6.78. The highest BCUT2D eigenvalue weighted by Gasteiger charge is 2.37. The number of aldehydes is 1. The van der Waals surface area contributed by atoms with E-state index in [-0.39, 0.29) is 12.2 Å². The highest BCUT2D eigenvalue weighted by atomic mass is 16.6. The van der Waals surface area contributed by atoms with E-state index < -0.39 is 6.10 Å². The van der Waals surface area contributed by atoms with E-state index in [1.54, 1.807) is 14.2 Å². The van der Waals surface area contributed by atoms with Crippen molar-refractivity contribution < 1.29 is 23.7 Å². The van der Waals surface area contributed by atoms with Gasteiger partial charge < -0.3 is 18.9 Å². The van der Waals surface area contributed by atoms with E-state index in [4.69, 9.17) is 18.9 Å². The second-order valence-electron chi connectivity index (χ2n) is 4.78. The zero-order valence-corrected chi connectivity index (χ0v) is 12.2. The van der Waals surface area contributed by atoms with Crippen LogP contribution in [-0.4, -0.2) is 45.4 Å². The van der Waals surface area contributed by atoms with Gasteiger partial charge in [-0.1, -0.05) is 30.3 Å². The van der Waals surface area contributed by atoms with Crippen molar-refractivity contribution in [1.29, 1.82) is 0 Å². The highest BCUT2D eigenvalue weighted by Crippen LogP contribution is 2.24. The van der Waals surface area contributed by atoms with Gasteiger partial charge in [-0.05, 0) is 5.56 Å². The zero-order valence-electron chi connectivity index (χ0n) is 12.2. The van der Waals surface area contributed by atoms with Crippen LogP contribution in [0.4, 0.5) is 0 Å². The standard InChI is InChI=1S/C16H20O5/c1-18-11-14-16(19-2)15(13(8-17)10-20-14)21-9-12-6-4-3-5-7-12/h3-8,10,14-16H,9,11H2,1-2H3/t14-,15-,16-/m1/s1. The normalized spacial score (nSPS) is 25.0. The highest BCUT2D eigenvalue weighted by molar-refractivity contribution is 5.74. The molecule has 0 aromatic heterocycles. The van der Waals surface area contributed by atoms with Crippen LogP contribution >= 0.6 is 0 Å². The summed E-state index contributed by atoms with van der Waals surface area (Å²) in [6.45, 7) is 0.766. The van der Waals surface area contributed by atoms with Crippen LogP contribution in [0.3, 0.4) is 0 Å². The Morgan fingerprint density at radius 3 is 2.62 bits per heavy atom. The smallest absolute Gasteiger partial charge is 0.151 e. The summed E-state index contributed by atoms with van der Waals surface area (Å²) in [4.78, 5) is 11.2. The summed E-state index contributed by atoms with van der Waals surface area (Å²) in [5.74, 6) is 0. The molecule has 5 nitrogen and oxygen atoms in total. The molecule has 114 valence electrons. The van der Waals surface area contributed by atoms with Crippen LogP contribution in [-0.2, 0) is 30.3 Å². The Morgan fingerprint density at radius 2 is 2.00 bits per heavy atom. The summed E-state index contributed by atoms with van der Waals surface area (Å²) < 4.78 is 22.0. The maximum absolute atomic E-state index is 11.2. The van der Waals surface area contributed by atoms with Crippen molar-refractivity contribution in [2.75, 3.05) is 20.8 Å². The van der Waals surface area contributed by atoms with Crippen molar-refractivity contribution in [3.8, 4) is 0 Å². The summed E-state index contributed by atoms with van der Waals surface area (Å²) in [6.07, 6.45) is 1.01. The van der Waals surface area contributed by atoms with Crippen LogP contribution in [0.5, 0.6) is 0 Å². The van der Waals surface area contributed by atoms with Gasteiger partial charge in [0.15, 0.2) is 6.29 Å². The monoisotopic (exact) mass is 292 g/mol. The molecule has 3 atom stereocenters. The van der Waals surface area contributed by atoms with Gasteiger partial charge >= 0.3 is 0 Å². The predicted octanol–water partition coefficient (Wildman–Crippen LogP) is 1.71. The van der Waals surface area contributed by atoms with Crippen molar-refractivity contribution in [3.63, 3.8) is 0 Å². The van der Waals surface area contributed by atoms with Crippen molar-refractivity contribution in [3.05, 3.63) is 47.7 Å². The minimum absolute atomic E-state index is 0.301. The second-order valence-corrected chi connectivity index (χ2v) is 4.78. The van der Waals surface area contributed by atoms with Crippen LogP contribution < -0.4 is 0 Å². The SMILES string of the molecule is COC[C@H]1OC=C(C=O)[C@@H](OCc2ccccc2)[C@@H]1OC. The second kappa shape index (κ2) is 7.93. The van der Waals surface area contributed by atoms with E-state index >= 15 is 0 Å². The molecule has 1 aromatic rings. The van der Waals surface area contributed by atoms with Crippen molar-refractivity contribution in [1.82, 2.24) is 0 Å². The Morgan fingerprint density at radius 1 is 1.24 bits per heavy atom. The molecule has 1 aliphatic heterocycles. The molecule has 2 rings (SSSR count). The Bertz CT molecular complexity index is 471. The average molecular weight is 292 g/mol.